The van der Waals surface area contributed by atoms with E-state index in [1.165, 1.54) is 25.1 Å². The van der Waals surface area contributed by atoms with Crippen LogP contribution in [-0.4, -0.2) is 43.7 Å². The maximum Gasteiger partial charge on any atom is 0.123 e. The predicted octanol–water partition coefficient (Wildman–Crippen LogP) is 1.69. The van der Waals surface area contributed by atoms with Gasteiger partial charge in [0, 0.05) is 32.4 Å². The lowest BCUT2D eigenvalue weighted by Gasteiger charge is -2.49. The summed E-state index contributed by atoms with van der Waals surface area (Å²) in [6.07, 6.45) is 2.32. The second-order valence-corrected chi connectivity index (χ2v) is 5.88. The molecule has 2 N–H and O–H groups in total. The maximum absolute atomic E-state index is 13.1. The molecule has 0 radical (unpaired) electrons. The van der Waals surface area contributed by atoms with Crippen LogP contribution < -0.4 is 10.6 Å². The highest BCUT2D eigenvalue weighted by molar-refractivity contribution is 5.49. The normalized spacial score (nSPS) is 33.4. The number of nitrogens with zero attached hydrogens (tertiary/aromatic N) is 2. The number of hydrogen-bond donors (Lipinski definition) is 1. The van der Waals surface area contributed by atoms with Crippen LogP contribution in [0.3, 0.4) is 0 Å². The first-order valence-electron chi connectivity index (χ1n) is 7.07. The Kier molecular flexibility index (Phi) is 3.23. The van der Waals surface area contributed by atoms with Crippen molar-refractivity contribution in [3.05, 3.63) is 30.1 Å². The molecule has 1 aromatic carbocycles. The second-order valence-electron chi connectivity index (χ2n) is 5.88. The van der Waals surface area contributed by atoms with Crippen molar-refractivity contribution in [2.24, 2.45) is 11.7 Å². The zero-order valence-electron chi connectivity index (χ0n) is 11.5. The zero-order chi connectivity index (χ0) is 13.5. The Bertz CT molecular complexity index is 447. The van der Waals surface area contributed by atoms with Crippen LogP contribution in [0.4, 0.5) is 10.1 Å². The molecule has 2 saturated heterocycles. The van der Waals surface area contributed by atoms with E-state index in [0.717, 1.165) is 25.2 Å². The highest BCUT2D eigenvalue weighted by Crippen LogP contribution is 2.40. The van der Waals surface area contributed by atoms with Gasteiger partial charge in [0.2, 0.25) is 0 Å². The third-order valence-corrected chi connectivity index (χ3v) is 5.13. The van der Waals surface area contributed by atoms with Gasteiger partial charge in [0.1, 0.15) is 5.82 Å². The number of piperidine rings is 1. The van der Waals surface area contributed by atoms with Crippen LogP contribution >= 0.6 is 0 Å². The Hall–Kier alpha value is -1.13. The molecule has 3 unspecified atom stereocenters. The van der Waals surface area contributed by atoms with Crippen LogP contribution in [0.1, 0.15) is 12.8 Å². The summed E-state index contributed by atoms with van der Waals surface area (Å²) in [4.78, 5) is 4.82. The predicted molar refractivity (Wildman–Crippen MR) is 75.8 cm³/mol. The van der Waals surface area contributed by atoms with Gasteiger partial charge in [-0.3, -0.25) is 0 Å². The first-order chi connectivity index (χ1) is 9.15. The molecule has 1 aromatic rings. The fraction of sp³-hybridized carbons (Fsp3) is 0.600. The smallest absolute Gasteiger partial charge is 0.123 e. The molecule has 0 aromatic heterocycles. The van der Waals surface area contributed by atoms with Crippen LogP contribution in [-0.2, 0) is 0 Å². The van der Waals surface area contributed by atoms with Gasteiger partial charge in [-0.25, -0.2) is 4.39 Å². The fourth-order valence-corrected chi connectivity index (χ4v) is 3.80. The van der Waals surface area contributed by atoms with E-state index in [0.29, 0.717) is 12.5 Å². The molecule has 2 fully saturated rings. The van der Waals surface area contributed by atoms with E-state index >= 15 is 0 Å². The summed E-state index contributed by atoms with van der Waals surface area (Å²) in [5.74, 6) is 0.441. The summed E-state index contributed by atoms with van der Waals surface area (Å²) in [5.41, 5.74) is 7.25. The van der Waals surface area contributed by atoms with E-state index in [9.17, 15) is 4.39 Å². The van der Waals surface area contributed by atoms with Gasteiger partial charge < -0.3 is 15.5 Å². The number of rotatable bonds is 3. The zero-order valence-corrected chi connectivity index (χ0v) is 11.5. The summed E-state index contributed by atoms with van der Waals surface area (Å²) in [5, 5.41) is 0. The van der Waals surface area contributed by atoms with Crippen LogP contribution in [0.25, 0.3) is 0 Å². The van der Waals surface area contributed by atoms with Crippen molar-refractivity contribution in [3.8, 4) is 0 Å². The number of nitrogens with two attached hydrogens (primary N) is 1. The fourth-order valence-electron chi connectivity index (χ4n) is 3.80. The van der Waals surface area contributed by atoms with Crippen molar-refractivity contribution < 1.29 is 4.39 Å². The number of anilines is 1. The van der Waals surface area contributed by atoms with Crippen LogP contribution in [0.5, 0.6) is 0 Å². The topological polar surface area (TPSA) is 32.5 Å². The molecule has 0 saturated carbocycles. The van der Waals surface area contributed by atoms with Crippen molar-refractivity contribution >= 4 is 5.69 Å². The van der Waals surface area contributed by atoms with Gasteiger partial charge in [-0.2, -0.15) is 0 Å². The summed E-state index contributed by atoms with van der Waals surface area (Å²) in [6.45, 7) is 4.14. The highest BCUT2D eigenvalue weighted by atomic mass is 19.1. The van der Waals surface area contributed by atoms with Crippen molar-refractivity contribution in [1.29, 1.82) is 0 Å². The van der Waals surface area contributed by atoms with E-state index in [4.69, 9.17) is 5.73 Å². The minimum atomic E-state index is -0.186. The van der Waals surface area contributed by atoms with E-state index < -0.39 is 0 Å². The van der Waals surface area contributed by atoms with Crippen molar-refractivity contribution in [3.63, 3.8) is 0 Å². The molecule has 2 aliphatic heterocycles. The number of halogens is 1. The van der Waals surface area contributed by atoms with Crippen LogP contribution in [0.2, 0.25) is 0 Å². The monoisotopic (exact) mass is 263 g/mol. The molecule has 0 amide bonds. The first-order valence-corrected chi connectivity index (χ1v) is 7.07. The Balaban J connectivity index is 1.90. The molecule has 3 atom stereocenters. The second kappa shape index (κ2) is 4.76. The number of fused-ring (bicyclic) bond motifs is 2. The minimum absolute atomic E-state index is 0.0326. The number of hydrogen-bond acceptors (Lipinski definition) is 3. The molecular formula is C15H22FN3. The van der Waals surface area contributed by atoms with Crippen molar-refractivity contribution in [1.82, 2.24) is 4.90 Å². The lowest BCUT2D eigenvalue weighted by molar-refractivity contribution is 0.168. The van der Waals surface area contributed by atoms with E-state index in [1.807, 2.05) is 12.1 Å². The van der Waals surface area contributed by atoms with Gasteiger partial charge in [0.15, 0.2) is 0 Å². The number of likely N-dealkylation sites (N-methyl/N-ethyl adjacent to an activating group) is 1. The van der Waals surface area contributed by atoms with Crippen LogP contribution in [0.15, 0.2) is 24.3 Å². The maximum atomic E-state index is 13.1. The van der Waals surface area contributed by atoms with E-state index in [1.54, 1.807) is 0 Å². The van der Waals surface area contributed by atoms with Gasteiger partial charge >= 0.3 is 0 Å². The van der Waals surface area contributed by atoms with Gasteiger partial charge in [-0.1, -0.05) is 0 Å². The third kappa shape index (κ3) is 2.03. The van der Waals surface area contributed by atoms with Crippen molar-refractivity contribution in [2.75, 3.05) is 38.1 Å². The lowest BCUT2D eigenvalue weighted by Crippen LogP contribution is -2.61. The lowest BCUT2D eigenvalue weighted by atomic mass is 9.77. The SMILES string of the molecule is CN(c1ccc(F)cc1)C1(CN)CCN2CCC1C2. The Morgan fingerprint density at radius 2 is 2.11 bits per heavy atom. The molecule has 2 aliphatic rings. The van der Waals surface area contributed by atoms with E-state index in [2.05, 4.69) is 16.8 Å². The molecule has 0 aliphatic carbocycles. The first kappa shape index (κ1) is 12.9. The molecule has 19 heavy (non-hydrogen) atoms. The highest BCUT2D eigenvalue weighted by Gasteiger charge is 2.47. The quantitative estimate of drug-likeness (QED) is 0.900. The molecule has 3 nitrogen and oxygen atoms in total. The molecule has 2 heterocycles. The molecular weight excluding hydrogens is 241 g/mol. The summed E-state index contributed by atoms with van der Waals surface area (Å²) < 4.78 is 13.1. The average Bonchev–Trinajstić information content (AvgIpc) is 2.84. The van der Waals surface area contributed by atoms with E-state index in [-0.39, 0.29) is 11.4 Å². The van der Waals surface area contributed by atoms with Gasteiger partial charge in [0.25, 0.3) is 0 Å². The molecule has 0 spiro atoms. The molecule has 2 bridgehead atoms. The summed E-state index contributed by atoms with van der Waals surface area (Å²) >= 11 is 0. The Morgan fingerprint density at radius 1 is 1.37 bits per heavy atom. The van der Waals surface area contributed by atoms with Gasteiger partial charge in [0.05, 0.1) is 5.54 Å². The molecule has 104 valence electrons. The molecule has 3 rings (SSSR count). The third-order valence-electron chi connectivity index (χ3n) is 5.13. The average molecular weight is 263 g/mol. The van der Waals surface area contributed by atoms with Gasteiger partial charge in [-0.15, -0.1) is 0 Å². The largest absolute Gasteiger partial charge is 0.367 e. The molecule has 4 heteroatoms. The Morgan fingerprint density at radius 3 is 2.79 bits per heavy atom. The standard InChI is InChI=1S/C15H22FN3/c1-18(14-4-2-13(16)3-5-14)15(11-17)7-9-19-8-6-12(15)10-19/h2-5,12H,6-11,17H2,1H3. The Labute approximate surface area is 114 Å². The number of benzene rings is 1. The summed E-state index contributed by atoms with van der Waals surface area (Å²) in [7, 11) is 2.11. The minimum Gasteiger partial charge on any atom is -0.367 e. The van der Waals surface area contributed by atoms with Crippen molar-refractivity contribution in [2.45, 2.75) is 18.4 Å². The van der Waals surface area contributed by atoms with Crippen LogP contribution in [0, 0.1) is 11.7 Å². The summed E-state index contributed by atoms with van der Waals surface area (Å²) in [6, 6.07) is 6.77. The van der Waals surface area contributed by atoms with Gasteiger partial charge in [-0.05, 0) is 49.6 Å².